The second-order valence-electron chi connectivity index (χ2n) is 5.31. The molecule has 0 saturated heterocycles. The second kappa shape index (κ2) is 6.97. The highest BCUT2D eigenvalue weighted by Gasteiger charge is 2.37. The van der Waals surface area contributed by atoms with Crippen LogP contribution >= 0.6 is 11.6 Å². The molecule has 1 heterocycles. The highest BCUT2D eigenvalue weighted by Crippen LogP contribution is 2.39. The van der Waals surface area contributed by atoms with Crippen molar-refractivity contribution in [1.82, 2.24) is 4.90 Å². The van der Waals surface area contributed by atoms with Gasteiger partial charge in [0.05, 0.1) is 12.7 Å². The van der Waals surface area contributed by atoms with Crippen LogP contribution in [0.25, 0.3) is 0 Å². The molecule has 0 saturated carbocycles. The van der Waals surface area contributed by atoms with E-state index < -0.39 is 5.97 Å². The van der Waals surface area contributed by atoms with Gasteiger partial charge in [-0.25, -0.2) is 4.79 Å². The molecule has 0 aromatic heterocycles. The molecule has 0 radical (unpaired) electrons. The van der Waals surface area contributed by atoms with Crippen molar-refractivity contribution in [3.8, 4) is 0 Å². The van der Waals surface area contributed by atoms with Gasteiger partial charge in [-0.15, -0.1) is 0 Å². The quantitative estimate of drug-likeness (QED) is 0.797. The molecule has 0 bridgehead atoms. The summed E-state index contributed by atoms with van der Waals surface area (Å²) in [7, 11) is 1.35. The molecule has 0 N–H and O–H groups in total. The molecule has 1 amide bonds. The molecule has 2 rings (SSSR count). The Labute approximate surface area is 135 Å². The van der Waals surface area contributed by atoms with E-state index in [9.17, 15) is 9.59 Å². The molecule has 1 atom stereocenters. The Morgan fingerprint density at radius 2 is 2.09 bits per heavy atom. The lowest BCUT2D eigenvalue weighted by molar-refractivity contribution is -0.137. The number of halogens is 1. The monoisotopic (exact) mass is 321 g/mol. The van der Waals surface area contributed by atoms with Gasteiger partial charge in [0.15, 0.2) is 0 Å². The predicted molar refractivity (Wildman–Crippen MR) is 85.5 cm³/mol. The standard InChI is InChI=1S/C17H20ClNO3/c1-4-9-19-11(2)16(17(21)22-3)13(10-15(19)20)12-7-5-6-8-14(12)18/h5-8,13H,4,9-10H2,1-3H3. The molecule has 1 aliphatic heterocycles. The van der Waals surface area contributed by atoms with Crippen LogP contribution in [0.5, 0.6) is 0 Å². The van der Waals surface area contributed by atoms with E-state index in [-0.39, 0.29) is 18.2 Å². The third-order valence-electron chi connectivity index (χ3n) is 3.96. The zero-order valence-corrected chi connectivity index (χ0v) is 13.8. The summed E-state index contributed by atoms with van der Waals surface area (Å²) in [4.78, 5) is 26.4. The molecule has 118 valence electrons. The van der Waals surface area contributed by atoms with Crippen LogP contribution < -0.4 is 0 Å². The highest BCUT2D eigenvalue weighted by molar-refractivity contribution is 6.31. The molecule has 22 heavy (non-hydrogen) atoms. The number of methoxy groups -OCH3 is 1. The van der Waals surface area contributed by atoms with Gasteiger partial charge in [-0.3, -0.25) is 4.79 Å². The Bertz CT molecular complexity index is 624. The predicted octanol–water partition coefficient (Wildman–Crippen LogP) is 3.51. The van der Waals surface area contributed by atoms with Crippen molar-refractivity contribution < 1.29 is 14.3 Å². The summed E-state index contributed by atoms with van der Waals surface area (Å²) in [6, 6.07) is 7.30. The first kappa shape index (κ1) is 16.6. The first-order valence-corrected chi connectivity index (χ1v) is 7.72. The van der Waals surface area contributed by atoms with Crippen LogP contribution in [0, 0.1) is 0 Å². The molecule has 0 aliphatic carbocycles. The van der Waals surface area contributed by atoms with Gasteiger partial charge in [0.1, 0.15) is 0 Å². The number of carbonyl (C=O) groups excluding carboxylic acids is 2. The second-order valence-corrected chi connectivity index (χ2v) is 5.72. The molecule has 1 aromatic carbocycles. The van der Waals surface area contributed by atoms with E-state index in [4.69, 9.17) is 16.3 Å². The summed E-state index contributed by atoms with van der Waals surface area (Å²) in [5.74, 6) is -0.755. The molecule has 0 fully saturated rings. The number of rotatable bonds is 4. The zero-order chi connectivity index (χ0) is 16.3. The van der Waals surface area contributed by atoms with Crippen LogP contribution in [-0.4, -0.2) is 30.4 Å². The molecule has 4 nitrogen and oxygen atoms in total. The number of benzene rings is 1. The number of ether oxygens (including phenoxy) is 1. The van der Waals surface area contributed by atoms with Crippen molar-refractivity contribution in [2.24, 2.45) is 0 Å². The third-order valence-corrected chi connectivity index (χ3v) is 4.30. The maximum atomic E-state index is 12.4. The van der Waals surface area contributed by atoms with Gasteiger partial charge in [-0.2, -0.15) is 0 Å². The number of allylic oxidation sites excluding steroid dienone is 1. The highest BCUT2D eigenvalue weighted by atomic mass is 35.5. The van der Waals surface area contributed by atoms with E-state index in [0.29, 0.717) is 22.8 Å². The summed E-state index contributed by atoms with van der Waals surface area (Å²) in [6.07, 6.45) is 1.06. The first-order chi connectivity index (χ1) is 10.5. The van der Waals surface area contributed by atoms with Crippen molar-refractivity contribution in [2.45, 2.75) is 32.6 Å². The number of hydrogen-bond acceptors (Lipinski definition) is 3. The number of esters is 1. The largest absolute Gasteiger partial charge is 0.466 e. The Hall–Kier alpha value is -1.81. The topological polar surface area (TPSA) is 46.6 Å². The maximum absolute atomic E-state index is 12.4. The van der Waals surface area contributed by atoms with Gasteiger partial charge in [0.25, 0.3) is 0 Å². The molecular weight excluding hydrogens is 302 g/mol. The fourth-order valence-corrected chi connectivity index (χ4v) is 3.18. The number of carbonyl (C=O) groups is 2. The number of nitrogens with zero attached hydrogens (tertiary/aromatic N) is 1. The SMILES string of the molecule is CCCN1C(=O)CC(c2ccccc2Cl)C(C(=O)OC)=C1C. The van der Waals surface area contributed by atoms with Crippen LogP contribution in [0.4, 0.5) is 0 Å². The minimum absolute atomic E-state index is 0.0110. The van der Waals surface area contributed by atoms with Gasteiger partial charge in [-0.1, -0.05) is 36.7 Å². The summed E-state index contributed by atoms with van der Waals surface area (Å²) in [5.41, 5.74) is 1.96. The van der Waals surface area contributed by atoms with Crippen LogP contribution in [0.3, 0.4) is 0 Å². The van der Waals surface area contributed by atoms with Crippen molar-refractivity contribution in [3.63, 3.8) is 0 Å². The Morgan fingerprint density at radius 1 is 1.41 bits per heavy atom. The molecular formula is C17H20ClNO3. The minimum Gasteiger partial charge on any atom is -0.466 e. The lowest BCUT2D eigenvalue weighted by Crippen LogP contribution is -2.38. The average Bonchev–Trinajstić information content (AvgIpc) is 2.50. The van der Waals surface area contributed by atoms with E-state index in [1.165, 1.54) is 7.11 Å². The zero-order valence-electron chi connectivity index (χ0n) is 13.1. The maximum Gasteiger partial charge on any atom is 0.336 e. The number of hydrogen-bond donors (Lipinski definition) is 0. The Balaban J connectivity index is 2.56. The van der Waals surface area contributed by atoms with Crippen LogP contribution in [-0.2, 0) is 14.3 Å². The van der Waals surface area contributed by atoms with Gasteiger partial charge in [-0.05, 0) is 25.0 Å². The van der Waals surface area contributed by atoms with Gasteiger partial charge in [0, 0.05) is 29.6 Å². The van der Waals surface area contributed by atoms with Crippen molar-refractivity contribution in [3.05, 3.63) is 46.1 Å². The summed E-state index contributed by atoms with van der Waals surface area (Å²) < 4.78 is 4.94. The third kappa shape index (κ3) is 3.02. The van der Waals surface area contributed by atoms with Crippen molar-refractivity contribution >= 4 is 23.5 Å². The van der Waals surface area contributed by atoms with Gasteiger partial charge < -0.3 is 9.64 Å². The van der Waals surface area contributed by atoms with Crippen LogP contribution in [0.1, 0.15) is 38.2 Å². The molecule has 0 spiro atoms. The Morgan fingerprint density at radius 3 is 2.68 bits per heavy atom. The van der Waals surface area contributed by atoms with Crippen LogP contribution in [0.15, 0.2) is 35.5 Å². The summed E-state index contributed by atoms with van der Waals surface area (Å²) in [5, 5.41) is 0.554. The van der Waals surface area contributed by atoms with E-state index in [0.717, 1.165) is 12.0 Å². The molecule has 1 aliphatic rings. The van der Waals surface area contributed by atoms with Gasteiger partial charge in [0.2, 0.25) is 5.91 Å². The fourth-order valence-electron chi connectivity index (χ4n) is 2.91. The van der Waals surface area contributed by atoms with E-state index in [1.807, 2.05) is 25.1 Å². The summed E-state index contributed by atoms with van der Waals surface area (Å²) >= 11 is 6.26. The molecule has 1 unspecified atom stereocenters. The van der Waals surface area contributed by atoms with Crippen molar-refractivity contribution in [2.75, 3.05) is 13.7 Å². The number of amides is 1. The van der Waals surface area contributed by atoms with E-state index in [2.05, 4.69) is 0 Å². The molecule has 5 heteroatoms. The molecule has 1 aromatic rings. The van der Waals surface area contributed by atoms with E-state index >= 15 is 0 Å². The smallest absolute Gasteiger partial charge is 0.336 e. The summed E-state index contributed by atoms with van der Waals surface area (Å²) in [6.45, 7) is 4.39. The Kier molecular flexibility index (Phi) is 5.24. The fraction of sp³-hybridized carbons (Fsp3) is 0.412. The lowest BCUT2D eigenvalue weighted by Gasteiger charge is -2.34. The van der Waals surface area contributed by atoms with E-state index in [1.54, 1.807) is 17.9 Å². The van der Waals surface area contributed by atoms with Crippen LogP contribution in [0.2, 0.25) is 5.02 Å². The average molecular weight is 322 g/mol. The van der Waals surface area contributed by atoms with Crippen molar-refractivity contribution in [1.29, 1.82) is 0 Å². The van der Waals surface area contributed by atoms with Gasteiger partial charge >= 0.3 is 5.97 Å². The lowest BCUT2D eigenvalue weighted by atomic mass is 9.83. The first-order valence-electron chi connectivity index (χ1n) is 7.35. The minimum atomic E-state index is -0.406. The normalized spacial score (nSPS) is 18.6.